The topological polar surface area (TPSA) is 87.5 Å². The number of amides is 1. The van der Waals surface area contributed by atoms with E-state index in [9.17, 15) is 14.9 Å². The molecule has 0 aromatic heterocycles. The van der Waals surface area contributed by atoms with E-state index in [1.165, 1.54) is 11.8 Å². The van der Waals surface area contributed by atoms with Crippen LogP contribution in [-0.4, -0.2) is 42.0 Å². The molecule has 7 nitrogen and oxygen atoms in total. The van der Waals surface area contributed by atoms with Gasteiger partial charge in [-0.05, 0) is 23.8 Å². The summed E-state index contributed by atoms with van der Waals surface area (Å²) < 4.78 is 0. The predicted octanol–water partition coefficient (Wildman–Crippen LogP) is 3.27. The Balaban J connectivity index is 1.41. The van der Waals surface area contributed by atoms with Crippen LogP contribution in [0.1, 0.15) is 12.0 Å². The van der Waals surface area contributed by atoms with Gasteiger partial charge in [0.05, 0.1) is 4.92 Å². The van der Waals surface area contributed by atoms with Crippen LogP contribution in [0.3, 0.4) is 0 Å². The normalized spacial score (nSPS) is 13.8. The fourth-order valence-electron chi connectivity index (χ4n) is 3.03. The lowest BCUT2D eigenvalue weighted by Gasteiger charge is -2.28. The number of nitrogens with one attached hydrogen (secondary N) is 2. The van der Waals surface area contributed by atoms with E-state index in [4.69, 9.17) is 0 Å². The quantitative estimate of drug-likeness (QED) is 0.522. The zero-order valence-corrected chi connectivity index (χ0v) is 16.4. The van der Waals surface area contributed by atoms with E-state index in [2.05, 4.69) is 27.7 Å². The van der Waals surface area contributed by atoms with E-state index < -0.39 is 4.92 Å². The molecule has 1 aliphatic rings. The van der Waals surface area contributed by atoms with Gasteiger partial charge >= 0.3 is 0 Å². The standard InChI is InChI=1S/C20H24N4O3S/c25-20(9-10-21-18-3-1-2-4-19(18)24(26)27)22-15-16-5-7-17(8-6-16)23-11-13-28-14-12-23/h1-8,21H,9-15H2,(H,22,25). The Bertz CT molecular complexity index is 807. The van der Waals surface area contributed by atoms with Gasteiger partial charge in [0.2, 0.25) is 5.91 Å². The van der Waals surface area contributed by atoms with Gasteiger partial charge in [-0.25, -0.2) is 0 Å². The second kappa shape index (κ2) is 9.98. The minimum atomic E-state index is -0.436. The molecule has 2 aromatic rings. The van der Waals surface area contributed by atoms with Gasteiger partial charge in [-0.15, -0.1) is 0 Å². The number of para-hydroxylation sites is 2. The molecule has 2 aromatic carbocycles. The second-order valence-electron chi connectivity index (χ2n) is 6.49. The molecule has 0 saturated carbocycles. The zero-order chi connectivity index (χ0) is 19.8. The fourth-order valence-corrected chi connectivity index (χ4v) is 3.93. The molecule has 28 heavy (non-hydrogen) atoms. The smallest absolute Gasteiger partial charge is 0.292 e. The Morgan fingerprint density at radius 2 is 1.82 bits per heavy atom. The number of anilines is 2. The number of rotatable bonds is 8. The van der Waals surface area contributed by atoms with Crippen LogP contribution in [0.25, 0.3) is 0 Å². The summed E-state index contributed by atoms with van der Waals surface area (Å²) in [5.74, 6) is 2.24. The highest BCUT2D eigenvalue weighted by Gasteiger charge is 2.13. The number of nitrogens with zero attached hydrogens (tertiary/aromatic N) is 2. The number of carbonyl (C=O) groups excluding carboxylic acids is 1. The van der Waals surface area contributed by atoms with Crippen LogP contribution in [0.2, 0.25) is 0 Å². The molecule has 148 valence electrons. The van der Waals surface area contributed by atoms with Crippen molar-refractivity contribution in [2.24, 2.45) is 0 Å². The number of nitro groups is 1. The van der Waals surface area contributed by atoms with E-state index in [-0.39, 0.29) is 18.0 Å². The molecule has 0 spiro atoms. The lowest BCUT2D eigenvalue weighted by molar-refractivity contribution is -0.384. The molecule has 0 atom stereocenters. The third-order valence-corrected chi connectivity index (χ3v) is 5.51. The van der Waals surface area contributed by atoms with Crippen LogP contribution in [-0.2, 0) is 11.3 Å². The summed E-state index contributed by atoms with van der Waals surface area (Å²) >= 11 is 1.99. The maximum atomic E-state index is 12.0. The van der Waals surface area contributed by atoms with Crippen LogP contribution in [0.15, 0.2) is 48.5 Å². The Morgan fingerprint density at radius 1 is 1.11 bits per heavy atom. The van der Waals surface area contributed by atoms with Crippen molar-refractivity contribution in [2.75, 3.05) is 41.4 Å². The predicted molar refractivity (Wildman–Crippen MR) is 114 cm³/mol. The molecule has 0 unspecified atom stereocenters. The Kier molecular flexibility index (Phi) is 7.13. The van der Waals surface area contributed by atoms with E-state index >= 15 is 0 Å². The number of thioether (sulfide) groups is 1. The molecule has 2 N–H and O–H groups in total. The van der Waals surface area contributed by atoms with E-state index in [1.807, 2.05) is 23.9 Å². The summed E-state index contributed by atoms with van der Waals surface area (Å²) in [6, 6.07) is 14.7. The third-order valence-electron chi connectivity index (χ3n) is 4.57. The maximum absolute atomic E-state index is 12.0. The van der Waals surface area contributed by atoms with Crippen molar-refractivity contribution in [1.29, 1.82) is 0 Å². The van der Waals surface area contributed by atoms with Crippen LogP contribution in [0.4, 0.5) is 17.1 Å². The fraction of sp³-hybridized carbons (Fsp3) is 0.350. The van der Waals surface area contributed by atoms with Gasteiger partial charge in [-0.2, -0.15) is 11.8 Å². The van der Waals surface area contributed by atoms with Crippen LogP contribution in [0.5, 0.6) is 0 Å². The highest BCUT2D eigenvalue weighted by atomic mass is 32.2. The molecule has 1 fully saturated rings. The van der Waals surface area contributed by atoms with Crippen LogP contribution >= 0.6 is 11.8 Å². The van der Waals surface area contributed by atoms with Crippen LogP contribution < -0.4 is 15.5 Å². The number of carbonyl (C=O) groups is 1. The average molecular weight is 401 g/mol. The lowest BCUT2D eigenvalue weighted by Crippen LogP contribution is -2.32. The summed E-state index contributed by atoms with van der Waals surface area (Å²) in [6.45, 7) is 2.96. The first kappa shape index (κ1) is 20.0. The summed E-state index contributed by atoms with van der Waals surface area (Å²) in [5.41, 5.74) is 2.71. The molecular formula is C20H24N4O3S. The first-order chi connectivity index (χ1) is 13.6. The van der Waals surface area contributed by atoms with Gasteiger partial charge in [0, 0.05) is 55.9 Å². The minimum Gasteiger partial charge on any atom is -0.379 e. The molecule has 8 heteroatoms. The first-order valence-electron chi connectivity index (χ1n) is 9.29. The van der Waals surface area contributed by atoms with E-state index in [0.29, 0.717) is 18.8 Å². The SMILES string of the molecule is O=C(CCNc1ccccc1[N+](=O)[O-])NCc1ccc(N2CCSCC2)cc1. The van der Waals surface area contributed by atoms with Gasteiger partial charge in [-0.1, -0.05) is 24.3 Å². The molecule has 1 heterocycles. The molecule has 0 aliphatic carbocycles. The molecule has 0 bridgehead atoms. The van der Waals surface area contributed by atoms with Gasteiger partial charge < -0.3 is 15.5 Å². The van der Waals surface area contributed by atoms with Crippen molar-refractivity contribution in [1.82, 2.24) is 5.32 Å². The highest BCUT2D eigenvalue weighted by molar-refractivity contribution is 7.99. The Morgan fingerprint density at radius 3 is 2.54 bits per heavy atom. The lowest BCUT2D eigenvalue weighted by atomic mass is 10.2. The van der Waals surface area contributed by atoms with Gasteiger partial charge in [0.1, 0.15) is 5.69 Å². The first-order valence-corrected chi connectivity index (χ1v) is 10.4. The van der Waals surface area contributed by atoms with Crippen molar-refractivity contribution >= 4 is 34.7 Å². The Labute approximate surface area is 168 Å². The van der Waals surface area contributed by atoms with Crippen molar-refractivity contribution in [3.05, 3.63) is 64.2 Å². The Hall–Kier alpha value is -2.74. The van der Waals surface area contributed by atoms with Crippen molar-refractivity contribution in [3.8, 4) is 0 Å². The number of nitro benzene ring substituents is 1. The molecule has 1 saturated heterocycles. The highest BCUT2D eigenvalue weighted by Crippen LogP contribution is 2.23. The van der Waals surface area contributed by atoms with Crippen molar-refractivity contribution in [2.45, 2.75) is 13.0 Å². The molecule has 1 aliphatic heterocycles. The molecular weight excluding hydrogens is 376 g/mol. The summed E-state index contributed by atoms with van der Waals surface area (Å²) in [5, 5.41) is 16.8. The van der Waals surface area contributed by atoms with Gasteiger partial charge in [0.25, 0.3) is 5.69 Å². The minimum absolute atomic E-state index is 0.00953. The second-order valence-corrected chi connectivity index (χ2v) is 7.72. The molecule has 0 radical (unpaired) electrons. The van der Waals surface area contributed by atoms with Crippen molar-refractivity contribution < 1.29 is 9.72 Å². The third kappa shape index (κ3) is 5.63. The maximum Gasteiger partial charge on any atom is 0.292 e. The van der Waals surface area contributed by atoms with E-state index in [0.717, 1.165) is 30.2 Å². The monoisotopic (exact) mass is 400 g/mol. The van der Waals surface area contributed by atoms with Gasteiger partial charge in [-0.3, -0.25) is 14.9 Å². The molecule has 1 amide bonds. The summed E-state index contributed by atoms with van der Waals surface area (Å²) in [7, 11) is 0. The van der Waals surface area contributed by atoms with E-state index in [1.54, 1.807) is 18.2 Å². The van der Waals surface area contributed by atoms with Gasteiger partial charge in [0.15, 0.2) is 0 Å². The number of hydrogen-bond donors (Lipinski definition) is 2. The largest absolute Gasteiger partial charge is 0.379 e. The number of benzene rings is 2. The summed E-state index contributed by atoms with van der Waals surface area (Å²) in [4.78, 5) is 25.0. The van der Waals surface area contributed by atoms with Crippen molar-refractivity contribution in [3.63, 3.8) is 0 Å². The summed E-state index contributed by atoms with van der Waals surface area (Å²) in [6.07, 6.45) is 0.246. The van der Waals surface area contributed by atoms with Crippen LogP contribution in [0, 0.1) is 10.1 Å². The molecule has 3 rings (SSSR count). The number of hydrogen-bond acceptors (Lipinski definition) is 6. The zero-order valence-electron chi connectivity index (χ0n) is 15.6. The average Bonchev–Trinajstić information content (AvgIpc) is 2.73.